The van der Waals surface area contributed by atoms with Crippen LogP contribution in [0.25, 0.3) is 0 Å². The molecule has 0 aliphatic carbocycles. The van der Waals surface area contributed by atoms with Crippen molar-refractivity contribution in [3.63, 3.8) is 0 Å². The third-order valence-electron chi connectivity index (χ3n) is 3.25. The topological polar surface area (TPSA) is 89.5 Å². The van der Waals surface area contributed by atoms with Gasteiger partial charge in [-0.15, -0.1) is 0 Å². The average Bonchev–Trinajstić information content (AvgIpc) is 2.75. The Kier molecular flexibility index (Phi) is 5.57. The van der Waals surface area contributed by atoms with Crippen molar-refractivity contribution in [1.82, 2.24) is 0 Å². The SMILES string of the molecule is O=C(COC(=O)C[C@H]1CCS(=O)(=O)C1)Nc1cccc(Br)c1. The van der Waals surface area contributed by atoms with Crippen molar-refractivity contribution >= 4 is 43.3 Å². The number of ether oxygens (including phenoxy) is 1. The molecule has 0 saturated carbocycles. The molecule has 1 heterocycles. The fourth-order valence-corrected chi connectivity index (χ4v) is 4.50. The summed E-state index contributed by atoms with van der Waals surface area (Å²) in [6.07, 6.45) is 0.505. The smallest absolute Gasteiger partial charge is 0.306 e. The van der Waals surface area contributed by atoms with Gasteiger partial charge in [-0.3, -0.25) is 9.59 Å². The quantitative estimate of drug-likeness (QED) is 0.774. The fraction of sp³-hybridized carbons (Fsp3) is 0.429. The molecule has 1 N–H and O–H groups in total. The normalized spacial score (nSPS) is 19.6. The van der Waals surface area contributed by atoms with E-state index in [0.717, 1.165) is 4.47 Å². The lowest BCUT2D eigenvalue weighted by atomic mass is 10.1. The van der Waals surface area contributed by atoms with Gasteiger partial charge in [0.25, 0.3) is 5.91 Å². The van der Waals surface area contributed by atoms with Crippen LogP contribution in [0.4, 0.5) is 5.69 Å². The van der Waals surface area contributed by atoms with Gasteiger partial charge in [0.2, 0.25) is 0 Å². The lowest BCUT2D eigenvalue weighted by Crippen LogP contribution is -2.22. The van der Waals surface area contributed by atoms with Crippen molar-refractivity contribution in [3.8, 4) is 0 Å². The maximum Gasteiger partial charge on any atom is 0.306 e. The van der Waals surface area contributed by atoms with Gasteiger partial charge in [-0.25, -0.2) is 8.42 Å². The third kappa shape index (κ3) is 5.42. The van der Waals surface area contributed by atoms with Gasteiger partial charge >= 0.3 is 5.97 Å². The molecular formula is C14H16BrNO5S. The Morgan fingerprint density at radius 2 is 2.14 bits per heavy atom. The minimum absolute atomic E-state index is 0.0202. The van der Waals surface area contributed by atoms with Crippen LogP contribution < -0.4 is 5.32 Å². The number of anilines is 1. The average molecular weight is 390 g/mol. The van der Waals surface area contributed by atoms with Crippen molar-refractivity contribution in [2.75, 3.05) is 23.4 Å². The predicted molar refractivity (Wildman–Crippen MR) is 85.1 cm³/mol. The summed E-state index contributed by atoms with van der Waals surface area (Å²) >= 11 is 3.29. The molecule has 22 heavy (non-hydrogen) atoms. The van der Waals surface area contributed by atoms with E-state index in [-0.39, 0.29) is 30.5 Å². The summed E-state index contributed by atoms with van der Waals surface area (Å²) in [6, 6.07) is 7.04. The number of amides is 1. The van der Waals surface area contributed by atoms with Crippen LogP contribution in [0.2, 0.25) is 0 Å². The molecular weight excluding hydrogens is 374 g/mol. The number of halogens is 1. The first-order valence-corrected chi connectivity index (χ1v) is 9.37. The molecule has 1 aliphatic rings. The Morgan fingerprint density at radius 3 is 2.77 bits per heavy atom. The second-order valence-electron chi connectivity index (χ2n) is 5.19. The molecule has 1 fully saturated rings. The minimum atomic E-state index is -3.01. The highest BCUT2D eigenvalue weighted by Gasteiger charge is 2.29. The van der Waals surface area contributed by atoms with Gasteiger partial charge in [-0.05, 0) is 30.5 Å². The largest absolute Gasteiger partial charge is 0.456 e. The monoisotopic (exact) mass is 389 g/mol. The molecule has 6 nitrogen and oxygen atoms in total. The molecule has 1 aromatic carbocycles. The summed E-state index contributed by atoms with van der Waals surface area (Å²) in [5.41, 5.74) is 0.595. The Hall–Kier alpha value is -1.41. The number of rotatable bonds is 5. The van der Waals surface area contributed by atoms with E-state index in [1.165, 1.54) is 0 Å². The van der Waals surface area contributed by atoms with E-state index in [1.807, 2.05) is 6.07 Å². The molecule has 0 unspecified atom stereocenters. The zero-order chi connectivity index (χ0) is 16.2. The predicted octanol–water partition coefficient (Wildman–Crippen LogP) is 1.76. The molecule has 1 amide bonds. The van der Waals surface area contributed by atoms with Gasteiger partial charge in [-0.1, -0.05) is 22.0 Å². The number of carbonyl (C=O) groups is 2. The first kappa shape index (κ1) is 17.0. The van der Waals surface area contributed by atoms with Gasteiger partial charge in [0.05, 0.1) is 11.5 Å². The van der Waals surface area contributed by atoms with Gasteiger partial charge in [0.15, 0.2) is 16.4 Å². The van der Waals surface area contributed by atoms with Crippen LogP contribution in [-0.4, -0.2) is 38.4 Å². The lowest BCUT2D eigenvalue weighted by Gasteiger charge is -2.09. The van der Waals surface area contributed by atoms with Crippen LogP contribution in [0, 0.1) is 5.92 Å². The lowest BCUT2D eigenvalue weighted by molar-refractivity contribution is -0.148. The standard InChI is InChI=1S/C14H16BrNO5S/c15-11-2-1-3-12(7-11)16-13(17)8-21-14(18)6-10-4-5-22(19,20)9-10/h1-3,7,10H,4-6,8-9H2,(H,16,17)/t10-/m1/s1. The van der Waals surface area contributed by atoms with Crippen molar-refractivity contribution in [1.29, 1.82) is 0 Å². The first-order valence-electron chi connectivity index (χ1n) is 6.75. The Labute approximate surface area is 137 Å². The van der Waals surface area contributed by atoms with E-state index in [2.05, 4.69) is 21.2 Å². The van der Waals surface area contributed by atoms with E-state index in [9.17, 15) is 18.0 Å². The molecule has 0 spiro atoms. The molecule has 1 aromatic rings. The van der Waals surface area contributed by atoms with Crippen LogP contribution in [0.3, 0.4) is 0 Å². The molecule has 2 rings (SSSR count). The number of hydrogen-bond acceptors (Lipinski definition) is 5. The maximum absolute atomic E-state index is 11.7. The number of sulfone groups is 1. The number of hydrogen-bond donors (Lipinski definition) is 1. The summed E-state index contributed by atoms with van der Waals surface area (Å²) in [7, 11) is -3.01. The minimum Gasteiger partial charge on any atom is -0.456 e. The summed E-state index contributed by atoms with van der Waals surface area (Å²) < 4.78 is 28.3. The molecule has 8 heteroatoms. The summed E-state index contributed by atoms with van der Waals surface area (Å²) in [5.74, 6) is -1.05. The van der Waals surface area contributed by atoms with E-state index >= 15 is 0 Å². The number of carbonyl (C=O) groups excluding carboxylic acids is 2. The second-order valence-corrected chi connectivity index (χ2v) is 8.34. The summed E-state index contributed by atoms with van der Waals surface area (Å²) in [6.45, 7) is -0.384. The Morgan fingerprint density at radius 1 is 1.36 bits per heavy atom. The Bertz CT molecular complexity index is 674. The van der Waals surface area contributed by atoms with E-state index in [4.69, 9.17) is 4.74 Å². The van der Waals surface area contributed by atoms with Crippen LogP contribution in [0.5, 0.6) is 0 Å². The number of nitrogens with one attached hydrogen (secondary N) is 1. The fourth-order valence-electron chi connectivity index (χ4n) is 2.24. The van der Waals surface area contributed by atoms with Crippen LogP contribution in [-0.2, 0) is 24.2 Å². The third-order valence-corrected chi connectivity index (χ3v) is 5.58. The maximum atomic E-state index is 11.7. The van der Waals surface area contributed by atoms with Crippen molar-refractivity contribution in [3.05, 3.63) is 28.7 Å². The molecule has 1 aliphatic heterocycles. The zero-order valence-electron chi connectivity index (χ0n) is 11.7. The first-order chi connectivity index (χ1) is 10.3. The van der Waals surface area contributed by atoms with Gasteiger partial charge < -0.3 is 10.1 Å². The summed E-state index contributed by atoms with van der Waals surface area (Å²) in [5, 5.41) is 2.60. The number of esters is 1. The van der Waals surface area contributed by atoms with Gasteiger partial charge in [0.1, 0.15) is 0 Å². The highest BCUT2D eigenvalue weighted by atomic mass is 79.9. The molecule has 1 atom stereocenters. The van der Waals surface area contributed by atoms with Crippen LogP contribution in [0.1, 0.15) is 12.8 Å². The Balaban J connectivity index is 1.73. The van der Waals surface area contributed by atoms with Crippen molar-refractivity contribution in [2.45, 2.75) is 12.8 Å². The highest BCUT2D eigenvalue weighted by molar-refractivity contribution is 9.10. The summed E-state index contributed by atoms with van der Waals surface area (Å²) in [4.78, 5) is 23.3. The van der Waals surface area contributed by atoms with Crippen LogP contribution in [0.15, 0.2) is 28.7 Å². The molecule has 0 aromatic heterocycles. The second kappa shape index (κ2) is 7.23. The van der Waals surface area contributed by atoms with E-state index in [1.54, 1.807) is 18.2 Å². The molecule has 0 bridgehead atoms. The van der Waals surface area contributed by atoms with Gasteiger partial charge in [-0.2, -0.15) is 0 Å². The van der Waals surface area contributed by atoms with Gasteiger partial charge in [0, 0.05) is 16.6 Å². The van der Waals surface area contributed by atoms with Crippen molar-refractivity contribution < 1.29 is 22.7 Å². The molecule has 120 valence electrons. The van der Waals surface area contributed by atoms with Crippen molar-refractivity contribution in [2.24, 2.45) is 5.92 Å². The van der Waals surface area contributed by atoms with E-state index < -0.39 is 21.7 Å². The molecule has 0 radical (unpaired) electrons. The van der Waals surface area contributed by atoms with E-state index in [0.29, 0.717) is 12.1 Å². The molecule has 1 saturated heterocycles. The zero-order valence-corrected chi connectivity index (χ0v) is 14.2. The highest BCUT2D eigenvalue weighted by Crippen LogP contribution is 2.22. The number of benzene rings is 1. The van der Waals surface area contributed by atoms with Crippen LogP contribution >= 0.6 is 15.9 Å².